The first-order valence-electron chi connectivity index (χ1n) is 6.84. The number of nitrogens with zero attached hydrogens (tertiary/aromatic N) is 1. The first-order chi connectivity index (χ1) is 8.24. The summed E-state index contributed by atoms with van der Waals surface area (Å²) in [5.74, 6) is 0.290. The molecule has 0 heterocycles. The second-order valence-corrected chi connectivity index (χ2v) is 5.33. The Morgan fingerprint density at radius 1 is 1.15 bits per heavy atom. The average molecular weight is 432 g/mol. The second kappa shape index (κ2) is 15.7. The summed E-state index contributed by atoms with van der Waals surface area (Å²) in [6.07, 6.45) is 3.17. The summed E-state index contributed by atoms with van der Waals surface area (Å²) in [5, 5.41) is 0. The second-order valence-electron chi connectivity index (χ2n) is 5.33. The maximum atomic E-state index is 12.3. The molecule has 2 nitrogen and oxygen atoms in total. The molecule has 0 amide bonds. The Labute approximate surface area is 178 Å². The van der Waals surface area contributed by atoms with E-state index in [9.17, 15) is 4.79 Å². The maximum absolute atomic E-state index is 12.3. The molecule has 0 aromatic heterocycles. The van der Waals surface area contributed by atoms with E-state index in [4.69, 9.17) is 0 Å². The van der Waals surface area contributed by atoms with E-state index < -0.39 is 5.54 Å². The molecule has 0 aromatic carbocycles. The van der Waals surface area contributed by atoms with Gasteiger partial charge in [-0.1, -0.05) is 13.8 Å². The minimum atomic E-state index is -0.484. The van der Waals surface area contributed by atoms with Crippen molar-refractivity contribution >= 4 is 5.78 Å². The number of ketones is 1. The zero-order valence-electron chi connectivity index (χ0n) is 14.6. The third-order valence-electron chi connectivity index (χ3n) is 3.26. The number of hydrogen-bond donors (Lipinski definition) is 0. The van der Waals surface area contributed by atoms with E-state index in [1.54, 1.807) is 0 Å². The van der Waals surface area contributed by atoms with Gasteiger partial charge in [0.25, 0.3) is 0 Å². The van der Waals surface area contributed by atoms with Crippen LogP contribution in [0.25, 0.3) is 0 Å². The number of carbonyl (C=O) groups excluding carboxylic acids is 1. The van der Waals surface area contributed by atoms with Crippen LogP contribution >= 0.6 is 0 Å². The fourth-order valence-electron chi connectivity index (χ4n) is 1.93. The van der Waals surface area contributed by atoms with Crippen LogP contribution in [0.2, 0.25) is 0 Å². The zero-order chi connectivity index (χ0) is 14.9. The van der Waals surface area contributed by atoms with Gasteiger partial charge in [0.1, 0.15) is 5.78 Å². The van der Waals surface area contributed by atoms with E-state index in [1.165, 1.54) is 0 Å². The Morgan fingerprint density at radius 3 is 1.60 bits per heavy atom. The largest absolute Gasteiger partial charge is 3.00 e. The molecule has 0 saturated carbocycles. The molecule has 113 valence electrons. The summed E-state index contributed by atoms with van der Waals surface area (Å²) in [4.78, 5) is 14.4. The van der Waals surface area contributed by atoms with E-state index >= 15 is 0 Å². The third-order valence-corrected chi connectivity index (χ3v) is 3.26. The van der Waals surface area contributed by atoms with Crippen LogP contribution in [0.5, 0.6) is 0 Å². The molecule has 0 unspecified atom stereocenters. The van der Waals surface area contributed by atoms with E-state index in [-0.39, 0.29) is 77.1 Å². The molecule has 0 aliphatic carbocycles. The average Bonchev–Trinajstić information content (AvgIpc) is 2.31. The standard InChI is InChI=1S/C13H25NO.C3H7.2Y/c1-8-13(9-2,12(15)10(3)4)14(7)11(5)6;1-3-2;;/h10-11H,1-2,8-9H2,3-7H3;3H,1-2H3;;/q-2;-1;;+3. The number of hydrogen-bond acceptors (Lipinski definition) is 2. The number of Topliss-reactive ketones (excluding diaryl/α,β-unsaturated/α-hetero) is 1. The molecular weight excluding hydrogens is 400 g/mol. The first-order valence-corrected chi connectivity index (χ1v) is 6.84. The van der Waals surface area contributed by atoms with Crippen LogP contribution in [0.3, 0.4) is 0 Å². The molecule has 4 heteroatoms. The normalized spacial score (nSPS) is 10.6. The van der Waals surface area contributed by atoms with Crippen LogP contribution in [0.4, 0.5) is 0 Å². The summed E-state index contributed by atoms with van der Waals surface area (Å²) >= 11 is 0. The van der Waals surface area contributed by atoms with Gasteiger partial charge < -0.3 is 20.3 Å². The molecule has 1 radical (unpaired) electrons. The first kappa shape index (κ1) is 29.8. The van der Waals surface area contributed by atoms with E-state index in [0.717, 1.165) is 0 Å². The number of likely N-dealkylation sites (N-methyl/N-ethyl adjacent to an activating group) is 1. The summed E-state index contributed by atoms with van der Waals surface area (Å²) in [7, 11) is 1.99. The molecule has 0 N–H and O–H groups in total. The molecule has 0 aromatic rings. The van der Waals surface area contributed by atoms with Crippen molar-refractivity contribution < 1.29 is 70.2 Å². The molecule has 0 aliphatic heterocycles. The van der Waals surface area contributed by atoms with Gasteiger partial charge in [0.15, 0.2) is 0 Å². The topological polar surface area (TPSA) is 20.3 Å². The predicted octanol–water partition coefficient (Wildman–Crippen LogP) is 3.96. The van der Waals surface area contributed by atoms with Gasteiger partial charge in [0, 0.05) is 50.2 Å². The summed E-state index contributed by atoms with van der Waals surface area (Å²) in [6.45, 7) is 19.9. The maximum Gasteiger partial charge on any atom is 3.00 e. The van der Waals surface area contributed by atoms with Gasteiger partial charge in [-0.05, 0) is 20.9 Å². The van der Waals surface area contributed by atoms with Gasteiger partial charge in [-0.3, -0.25) is 9.69 Å². The Hall–Kier alpha value is 1.84. The minimum Gasteiger partial charge on any atom is -0.341 e. The zero-order valence-corrected chi connectivity index (χ0v) is 20.2. The molecule has 0 bridgehead atoms. The van der Waals surface area contributed by atoms with Gasteiger partial charge in [0.05, 0.1) is 0 Å². The van der Waals surface area contributed by atoms with Crippen LogP contribution in [0.1, 0.15) is 54.4 Å². The molecule has 0 atom stereocenters. The van der Waals surface area contributed by atoms with Crippen molar-refractivity contribution in [3.63, 3.8) is 0 Å². The van der Waals surface area contributed by atoms with Gasteiger partial charge in [0.2, 0.25) is 0 Å². The Morgan fingerprint density at radius 2 is 1.45 bits per heavy atom. The summed E-state index contributed by atoms with van der Waals surface area (Å²) in [6, 6.07) is 0.330. The predicted molar refractivity (Wildman–Crippen MR) is 81.1 cm³/mol. The van der Waals surface area contributed by atoms with Gasteiger partial charge in [-0.15, -0.1) is 0 Å². The van der Waals surface area contributed by atoms with E-state index in [1.807, 2.05) is 41.2 Å². The van der Waals surface area contributed by atoms with Crippen molar-refractivity contribution in [1.29, 1.82) is 0 Å². The van der Waals surface area contributed by atoms with Crippen molar-refractivity contribution in [1.82, 2.24) is 4.90 Å². The summed E-state index contributed by atoms with van der Waals surface area (Å²) < 4.78 is 0. The van der Waals surface area contributed by atoms with E-state index in [0.29, 0.717) is 18.9 Å². The molecule has 0 aliphatic rings. The fraction of sp³-hybridized carbons (Fsp3) is 0.750. The third kappa shape index (κ3) is 9.08. The SMILES string of the molecule is C[CH-]C.[CH2-]CC(C[CH2-])(C(=O)C(C)C)N(C)C(C)C.[Y+3].[Y]. The number of rotatable bonds is 6. The van der Waals surface area contributed by atoms with Crippen molar-refractivity contribution in [2.75, 3.05) is 7.05 Å². The number of carbonyl (C=O) groups is 1. The molecule has 20 heavy (non-hydrogen) atoms. The van der Waals surface area contributed by atoms with Crippen molar-refractivity contribution in [3.05, 3.63) is 20.3 Å². The Kier molecular flexibility index (Phi) is 23.4. The molecular formula is C16H32NOY2. The molecule has 0 rings (SSSR count). The van der Waals surface area contributed by atoms with E-state index in [2.05, 4.69) is 32.6 Å². The van der Waals surface area contributed by atoms with Crippen LogP contribution in [0, 0.1) is 26.2 Å². The smallest absolute Gasteiger partial charge is 0.341 e. The molecule has 0 fully saturated rings. The quantitative estimate of drug-likeness (QED) is 0.593. The Bertz CT molecular complexity index is 227. The van der Waals surface area contributed by atoms with Crippen LogP contribution in [-0.4, -0.2) is 29.3 Å². The fourth-order valence-corrected chi connectivity index (χ4v) is 1.93. The monoisotopic (exact) mass is 432 g/mol. The van der Waals surface area contributed by atoms with Gasteiger partial charge >= 0.3 is 32.7 Å². The van der Waals surface area contributed by atoms with Crippen molar-refractivity contribution in [3.8, 4) is 0 Å². The van der Waals surface area contributed by atoms with Gasteiger partial charge in [-0.2, -0.15) is 26.7 Å². The van der Waals surface area contributed by atoms with Crippen molar-refractivity contribution in [2.45, 2.75) is 66.0 Å². The summed E-state index contributed by atoms with van der Waals surface area (Å²) in [5.41, 5.74) is -0.484. The molecule has 0 spiro atoms. The molecule has 0 saturated heterocycles. The Balaban J connectivity index is -0.000000233. The van der Waals surface area contributed by atoms with Crippen molar-refractivity contribution in [2.24, 2.45) is 5.92 Å². The minimum absolute atomic E-state index is 0. The van der Waals surface area contributed by atoms with Crippen LogP contribution in [-0.2, 0) is 70.2 Å². The van der Waals surface area contributed by atoms with Crippen LogP contribution < -0.4 is 0 Å². The van der Waals surface area contributed by atoms with Gasteiger partial charge in [-0.25, -0.2) is 0 Å². The van der Waals surface area contributed by atoms with Crippen LogP contribution in [0.15, 0.2) is 0 Å².